The number of aromatic carboxylic acids is 1. The number of carboxylic acid groups (broad SMARTS) is 1. The number of hydrogen-bond donors (Lipinski definition) is 2. The highest BCUT2D eigenvalue weighted by Gasteiger charge is 2.25. The van der Waals surface area contributed by atoms with E-state index in [0.29, 0.717) is 12.1 Å². The Kier molecular flexibility index (Phi) is 4.99. The van der Waals surface area contributed by atoms with Crippen LogP contribution in [-0.2, 0) is 6.42 Å². The molecule has 32 heavy (non-hydrogen) atoms. The number of aryl methyl sites for hydroxylation is 1. The SMILES string of the molecule is Cc1ccccc1-n1ncc(C2C=Cc3nccnc3C2)c1Nc1ccccc1C(=O)O. The first-order chi connectivity index (χ1) is 15.6. The van der Waals surface area contributed by atoms with Crippen molar-refractivity contribution in [2.75, 3.05) is 5.32 Å². The van der Waals surface area contributed by atoms with Crippen molar-refractivity contribution in [3.63, 3.8) is 0 Å². The third-order valence-corrected chi connectivity index (χ3v) is 5.66. The summed E-state index contributed by atoms with van der Waals surface area (Å²) in [6, 6.07) is 14.9. The molecular formula is C25H21N5O2. The number of para-hydroxylation sites is 2. The molecule has 0 bridgehead atoms. The molecule has 0 fully saturated rings. The Hall–Kier alpha value is -4.26. The molecule has 1 atom stereocenters. The second-order valence-electron chi connectivity index (χ2n) is 7.68. The topological polar surface area (TPSA) is 92.9 Å². The van der Waals surface area contributed by atoms with Gasteiger partial charge in [-0.15, -0.1) is 0 Å². The van der Waals surface area contributed by atoms with E-state index in [-0.39, 0.29) is 11.5 Å². The molecule has 4 aromatic rings. The Labute approximate surface area is 185 Å². The standard InChI is InChI=1S/C25H21N5O2/c1-16-6-2-5-9-23(16)30-24(29-20-8-4-3-7-18(20)25(31)32)19(15-28-30)17-10-11-21-22(14-17)27-13-12-26-21/h2-13,15,17,29H,14H2,1H3,(H,31,32). The molecule has 2 aromatic carbocycles. The summed E-state index contributed by atoms with van der Waals surface area (Å²) < 4.78 is 1.84. The Morgan fingerprint density at radius 3 is 2.72 bits per heavy atom. The van der Waals surface area contributed by atoms with Crippen LogP contribution >= 0.6 is 0 Å². The molecule has 2 N–H and O–H groups in total. The van der Waals surface area contributed by atoms with Crippen LogP contribution in [0.5, 0.6) is 0 Å². The molecule has 0 saturated heterocycles. The third kappa shape index (κ3) is 3.54. The van der Waals surface area contributed by atoms with Crippen molar-refractivity contribution >= 4 is 23.6 Å². The summed E-state index contributed by atoms with van der Waals surface area (Å²) in [5, 5.41) is 17.7. The van der Waals surface area contributed by atoms with E-state index in [2.05, 4.69) is 26.5 Å². The average molecular weight is 423 g/mol. The molecule has 2 aromatic heterocycles. The molecule has 5 rings (SSSR count). The Bertz CT molecular complexity index is 1340. The van der Waals surface area contributed by atoms with Gasteiger partial charge in [-0.25, -0.2) is 9.48 Å². The van der Waals surface area contributed by atoms with E-state index in [1.807, 2.05) is 54.2 Å². The normalized spacial score (nSPS) is 14.7. The van der Waals surface area contributed by atoms with E-state index in [1.165, 1.54) is 0 Å². The summed E-state index contributed by atoms with van der Waals surface area (Å²) in [7, 11) is 0. The molecule has 1 unspecified atom stereocenters. The quantitative estimate of drug-likeness (QED) is 0.481. The monoisotopic (exact) mass is 423 g/mol. The Balaban J connectivity index is 1.63. The average Bonchev–Trinajstić information content (AvgIpc) is 3.22. The van der Waals surface area contributed by atoms with E-state index in [1.54, 1.807) is 30.6 Å². The van der Waals surface area contributed by atoms with Gasteiger partial charge in [0.2, 0.25) is 0 Å². The van der Waals surface area contributed by atoms with Gasteiger partial charge in [-0.05, 0) is 36.8 Å². The summed E-state index contributed by atoms with van der Waals surface area (Å²) in [6.07, 6.45) is 10.0. The number of allylic oxidation sites excluding steroid dienone is 1. The summed E-state index contributed by atoms with van der Waals surface area (Å²) in [4.78, 5) is 20.7. The first-order valence-electron chi connectivity index (χ1n) is 10.3. The van der Waals surface area contributed by atoms with E-state index in [0.717, 1.165) is 34.0 Å². The molecule has 1 aliphatic carbocycles. The number of hydrogen-bond acceptors (Lipinski definition) is 5. The van der Waals surface area contributed by atoms with Gasteiger partial charge in [0.15, 0.2) is 0 Å². The lowest BCUT2D eigenvalue weighted by atomic mass is 9.90. The third-order valence-electron chi connectivity index (χ3n) is 5.66. The molecule has 0 amide bonds. The van der Waals surface area contributed by atoms with Gasteiger partial charge in [0.05, 0.1) is 34.5 Å². The van der Waals surface area contributed by atoms with Crippen LogP contribution in [0.1, 0.15) is 38.8 Å². The van der Waals surface area contributed by atoms with Crippen molar-refractivity contribution in [1.29, 1.82) is 0 Å². The van der Waals surface area contributed by atoms with E-state index < -0.39 is 5.97 Å². The van der Waals surface area contributed by atoms with Crippen molar-refractivity contribution in [2.24, 2.45) is 0 Å². The lowest BCUT2D eigenvalue weighted by molar-refractivity contribution is 0.0698. The molecule has 2 heterocycles. The van der Waals surface area contributed by atoms with Crippen molar-refractivity contribution in [1.82, 2.24) is 19.7 Å². The minimum absolute atomic E-state index is 0.0245. The fraction of sp³-hybridized carbons (Fsp3) is 0.120. The van der Waals surface area contributed by atoms with Crippen molar-refractivity contribution < 1.29 is 9.90 Å². The number of aromatic nitrogens is 4. The number of carbonyl (C=O) groups is 1. The maximum absolute atomic E-state index is 11.8. The first-order valence-corrected chi connectivity index (χ1v) is 10.3. The second kappa shape index (κ2) is 8.11. The van der Waals surface area contributed by atoms with Crippen LogP contribution in [0.2, 0.25) is 0 Å². The molecule has 158 valence electrons. The fourth-order valence-electron chi connectivity index (χ4n) is 4.02. The Morgan fingerprint density at radius 1 is 1.09 bits per heavy atom. The molecule has 7 heteroatoms. The van der Waals surface area contributed by atoms with Crippen LogP contribution in [0.25, 0.3) is 11.8 Å². The van der Waals surface area contributed by atoms with Crippen LogP contribution in [0.3, 0.4) is 0 Å². The lowest BCUT2D eigenvalue weighted by Crippen LogP contribution is -2.12. The van der Waals surface area contributed by atoms with E-state index in [9.17, 15) is 9.90 Å². The number of nitrogens with one attached hydrogen (secondary N) is 1. The van der Waals surface area contributed by atoms with Gasteiger partial charge in [-0.1, -0.05) is 36.4 Å². The van der Waals surface area contributed by atoms with E-state index in [4.69, 9.17) is 0 Å². The van der Waals surface area contributed by atoms with Gasteiger partial charge < -0.3 is 10.4 Å². The Morgan fingerprint density at radius 2 is 1.88 bits per heavy atom. The number of anilines is 2. The van der Waals surface area contributed by atoms with Gasteiger partial charge in [0, 0.05) is 30.3 Å². The van der Waals surface area contributed by atoms with Gasteiger partial charge in [-0.2, -0.15) is 5.10 Å². The van der Waals surface area contributed by atoms with Gasteiger partial charge >= 0.3 is 5.97 Å². The van der Waals surface area contributed by atoms with Crippen molar-refractivity contribution in [2.45, 2.75) is 19.3 Å². The molecule has 7 nitrogen and oxygen atoms in total. The number of fused-ring (bicyclic) bond motifs is 1. The molecule has 1 aliphatic rings. The highest BCUT2D eigenvalue weighted by molar-refractivity contribution is 5.95. The van der Waals surface area contributed by atoms with Crippen LogP contribution in [0, 0.1) is 6.92 Å². The van der Waals surface area contributed by atoms with Crippen LogP contribution in [-0.4, -0.2) is 30.8 Å². The van der Waals surface area contributed by atoms with Gasteiger partial charge in [0.1, 0.15) is 5.82 Å². The molecule has 0 saturated carbocycles. The second-order valence-corrected chi connectivity index (χ2v) is 7.68. The lowest BCUT2D eigenvalue weighted by Gasteiger charge is -2.20. The van der Waals surface area contributed by atoms with Crippen LogP contribution < -0.4 is 5.32 Å². The minimum atomic E-state index is -0.988. The first kappa shape index (κ1) is 19.7. The number of nitrogens with zero attached hydrogens (tertiary/aromatic N) is 4. The van der Waals surface area contributed by atoms with Gasteiger partial charge in [-0.3, -0.25) is 9.97 Å². The van der Waals surface area contributed by atoms with Crippen molar-refractivity contribution in [3.8, 4) is 5.69 Å². The maximum Gasteiger partial charge on any atom is 0.337 e. The predicted octanol–water partition coefficient (Wildman–Crippen LogP) is 4.77. The molecule has 0 spiro atoms. The molecule has 0 radical (unpaired) electrons. The summed E-state index contributed by atoms with van der Waals surface area (Å²) in [5.74, 6) is -0.232. The zero-order valence-corrected chi connectivity index (χ0v) is 17.4. The summed E-state index contributed by atoms with van der Waals surface area (Å²) in [6.45, 7) is 2.03. The molecular weight excluding hydrogens is 402 g/mol. The number of rotatable bonds is 5. The maximum atomic E-state index is 11.8. The zero-order valence-electron chi connectivity index (χ0n) is 17.4. The smallest absolute Gasteiger partial charge is 0.337 e. The van der Waals surface area contributed by atoms with Gasteiger partial charge in [0.25, 0.3) is 0 Å². The highest BCUT2D eigenvalue weighted by Crippen LogP contribution is 2.36. The highest BCUT2D eigenvalue weighted by atomic mass is 16.4. The van der Waals surface area contributed by atoms with Crippen LogP contribution in [0.4, 0.5) is 11.5 Å². The summed E-state index contributed by atoms with van der Waals surface area (Å²) >= 11 is 0. The largest absolute Gasteiger partial charge is 0.478 e. The predicted molar refractivity (Wildman–Crippen MR) is 122 cm³/mol. The van der Waals surface area contributed by atoms with E-state index >= 15 is 0 Å². The van der Waals surface area contributed by atoms with Crippen molar-refractivity contribution in [3.05, 3.63) is 101 Å². The molecule has 0 aliphatic heterocycles. The fourth-order valence-corrected chi connectivity index (χ4v) is 4.02. The summed E-state index contributed by atoms with van der Waals surface area (Å²) in [5.41, 5.74) is 5.46. The number of benzene rings is 2. The zero-order chi connectivity index (χ0) is 22.1. The minimum Gasteiger partial charge on any atom is -0.478 e. The van der Waals surface area contributed by atoms with Crippen LogP contribution in [0.15, 0.2) is 73.2 Å². The number of carboxylic acids is 1.